The normalized spacial score (nSPS) is 16.4. The van der Waals surface area contributed by atoms with Crippen LogP contribution in [0.25, 0.3) is 20.5 Å². The number of hydrogen-bond donors (Lipinski definition) is 4. The molecule has 3 amide bonds. The van der Waals surface area contributed by atoms with Gasteiger partial charge in [-0.05, 0) is 54.3 Å². The Morgan fingerprint density at radius 3 is 2.41 bits per heavy atom. The van der Waals surface area contributed by atoms with Gasteiger partial charge in [-0.2, -0.15) is 8.78 Å². The molecule has 2 aromatic heterocycles. The summed E-state index contributed by atoms with van der Waals surface area (Å²) in [7, 11) is -5.77. The van der Waals surface area contributed by atoms with Crippen LogP contribution in [0.3, 0.4) is 0 Å². The van der Waals surface area contributed by atoms with Gasteiger partial charge in [0.2, 0.25) is 11.8 Å². The number of halogens is 2. The van der Waals surface area contributed by atoms with Gasteiger partial charge in [-0.1, -0.05) is 68.0 Å². The maximum Gasteiger partial charge on any atom is 0.399 e. The maximum atomic E-state index is 14.3. The second-order valence-electron chi connectivity index (χ2n) is 12.3. The number of hydrogen-bond acceptors (Lipinski definition) is 7. The molecule has 2 aromatic carbocycles. The van der Waals surface area contributed by atoms with E-state index in [0.29, 0.717) is 29.2 Å². The maximum absolute atomic E-state index is 14.3. The van der Waals surface area contributed by atoms with Gasteiger partial charge in [-0.25, -0.2) is 4.98 Å². The van der Waals surface area contributed by atoms with Gasteiger partial charge in [-0.15, -0.1) is 11.3 Å². The van der Waals surface area contributed by atoms with Crippen LogP contribution < -0.4 is 10.6 Å². The van der Waals surface area contributed by atoms with Gasteiger partial charge in [0, 0.05) is 23.0 Å². The average Bonchev–Trinajstić information content (AvgIpc) is 3.74. The number of thiophene rings is 1. The van der Waals surface area contributed by atoms with Crippen molar-refractivity contribution in [2.75, 3.05) is 11.9 Å². The molecular formula is C31H33F2N4O6PS2. The minimum atomic E-state index is -5.77. The van der Waals surface area contributed by atoms with Crippen molar-refractivity contribution in [3.8, 4) is 10.4 Å². The van der Waals surface area contributed by atoms with Crippen molar-refractivity contribution in [2.24, 2.45) is 5.41 Å². The first-order valence-electron chi connectivity index (χ1n) is 14.4. The van der Waals surface area contributed by atoms with Crippen LogP contribution in [0.4, 0.5) is 13.9 Å². The first-order chi connectivity index (χ1) is 21.5. The molecule has 4 aromatic rings. The number of alkyl halides is 2. The summed E-state index contributed by atoms with van der Waals surface area (Å²) >= 11 is 2.32. The quantitative estimate of drug-likeness (QED) is 0.158. The summed E-state index contributed by atoms with van der Waals surface area (Å²) in [4.78, 5) is 65.7. The Kier molecular flexibility index (Phi) is 9.24. The molecule has 46 heavy (non-hydrogen) atoms. The van der Waals surface area contributed by atoms with Crippen LogP contribution in [-0.4, -0.2) is 56.0 Å². The molecule has 2 atom stereocenters. The predicted molar refractivity (Wildman–Crippen MR) is 174 cm³/mol. The van der Waals surface area contributed by atoms with Crippen LogP contribution >= 0.6 is 30.3 Å². The molecule has 0 bridgehead atoms. The van der Waals surface area contributed by atoms with Crippen LogP contribution in [0.2, 0.25) is 0 Å². The van der Waals surface area contributed by atoms with Crippen LogP contribution in [0.5, 0.6) is 0 Å². The van der Waals surface area contributed by atoms with Crippen molar-refractivity contribution in [3.05, 3.63) is 70.7 Å². The molecule has 0 spiro atoms. The number of aryl methyl sites for hydroxylation is 1. The number of nitrogens with one attached hydrogen (secondary N) is 2. The van der Waals surface area contributed by atoms with Crippen LogP contribution in [-0.2, 0) is 19.8 Å². The number of nitrogens with zero attached hydrogens (tertiary/aromatic N) is 2. The smallest absolute Gasteiger partial charge is 0.339 e. The number of likely N-dealkylation sites (tertiary alicyclic amines) is 1. The summed E-state index contributed by atoms with van der Waals surface area (Å²) in [6.45, 7) is 7.67. The number of anilines is 1. The summed E-state index contributed by atoms with van der Waals surface area (Å²) in [6.07, 6.45) is 2.72. The largest absolute Gasteiger partial charge is 0.399 e. The molecule has 1 aliphatic heterocycles. The molecule has 0 saturated carbocycles. The topological polar surface area (TPSA) is 149 Å². The SMILES string of the molecule is Cc1ccc(-c2cnc(NC(=O)[C@@H]3CCCN3C(=O)[C@@H](NC(=O)c3cc4cc(C(F)(F)P(=O)(O)O)ccc4s3)C(C)(C)C)s2)cc1. The highest BCUT2D eigenvalue weighted by Gasteiger charge is 2.50. The molecular weight excluding hydrogens is 657 g/mol. The van der Waals surface area contributed by atoms with E-state index >= 15 is 0 Å². The third-order valence-corrected chi connectivity index (χ3v) is 10.8. The van der Waals surface area contributed by atoms with E-state index in [0.717, 1.165) is 39.5 Å². The van der Waals surface area contributed by atoms with Gasteiger partial charge in [0.15, 0.2) is 5.13 Å². The molecule has 4 N–H and O–H groups in total. The van der Waals surface area contributed by atoms with Crippen LogP contribution in [0.1, 0.15) is 54.4 Å². The van der Waals surface area contributed by atoms with Gasteiger partial charge >= 0.3 is 13.3 Å². The molecule has 5 rings (SSSR count). The summed E-state index contributed by atoms with van der Waals surface area (Å²) in [5.74, 6) is -1.42. The molecule has 0 aliphatic carbocycles. The average molecular weight is 691 g/mol. The van der Waals surface area contributed by atoms with E-state index in [1.54, 1.807) is 27.0 Å². The number of carbonyl (C=O) groups excluding carboxylic acids is 3. The van der Waals surface area contributed by atoms with E-state index in [9.17, 15) is 27.7 Å². The second-order valence-corrected chi connectivity index (χ2v) is 16.1. The lowest BCUT2D eigenvalue weighted by atomic mass is 9.85. The van der Waals surface area contributed by atoms with Crippen molar-refractivity contribution in [1.82, 2.24) is 15.2 Å². The number of amides is 3. The van der Waals surface area contributed by atoms with E-state index in [-0.39, 0.29) is 16.2 Å². The minimum absolute atomic E-state index is 0.123. The van der Waals surface area contributed by atoms with Crippen molar-refractivity contribution >= 4 is 63.2 Å². The van der Waals surface area contributed by atoms with E-state index in [1.165, 1.54) is 28.4 Å². The molecule has 3 heterocycles. The van der Waals surface area contributed by atoms with Gasteiger partial charge in [0.1, 0.15) is 12.1 Å². The third-order valence-electron chi connectivity index (χ3n) is 7.75. The Hall–Kier alpha value is -3.55. The molecule has 244 valence electrons. The summed E-state index contributed by atoms with van der Waals surface area (Å²) in [6, 6.07) is 10.6. The zero-order valence-electron chi connectivity index (χ0n) is 25.4. The second kappa shape index (κ2) is 12.6. The van der Waals surface area contributed by atoms with E-state index in [4.69, 9.17) is 9.79 Å². The van der Waals surface area contributed by atoms with E-state index in [2.05, 4.69) is 15.6 Å². The molecule has 0 unspecified atom stereocenters. The minimum Gasteiger partial charge on any atom is -0.339 e. The van der Waals surface area contributed by atoms with Crippen LogP contribution in [0.15, 0.2) is 54.7 Å². The fourth-order valence-corrected chi connectivity index (χ4v) is 7.45. The van der Waals surface area contributed by atoms with Gasteiger partial charge in [0.25, 0.3) is 5.91 Å². The first-order valence-corrected chi connectivity index (χ1v) is 17.6. The fraction of sp³-hybridized carbons (Fsp3) is 0.355. The highest BCUT2D eigenvalue weighted by atomic mass is 32.1. The van der Waals surface area contributed by atoms with Gasteiger partial charge in [-0.3, -0.25) is 18.9 Å². The van der Waals surface area contributed by atoms with E-state index < -0.39 is 48.1 Å². The molecule has 15 heteroatoms. The highest BCUT2D eigenvalue weighted by molar-refractivity contribution is 7.52. The molecule has 10 nitrogen and oxygen atoms in total. The Bertz CT molecular complexity index is 1850. The summed E-state index contributed by atoms with van der Waals surface area (Å²) < 4.78 is 40.3. The molecule has 1 aliphatic rings. The van der Waals surface area contributed by atoms with Gasteiger partial charge in [0.05, 0.1) is 9.75 Å². The van der Waals surface area contributed by atoms with Crippen LogP contribution in [0, 0.1) is 12.3 Å². The zero-order valence-corrected chi connectivity index (χ0v) is 27.9. The van der Waals surface area contributed by atoms with Crippen molar-refractivity contribution in [3.63, 3.8) is 0 Å². The van der Waals surface area contributed by atoms with E-state index in [1.807, 2.05) is 31.2 Å². The first kappa shape index (κ1) is 33.8. The molecule has 1 fully saturated rings. The van der Waals surface area contributed by atoms with Crippen molar-refractivity contribution < 1.29 is 37.5 Å². The number of carbonyl (C=O) groups is 3. The standard InChI is InChI=1S/C31H33F2N4O6PS2/c1-17-7-9-18(10-8-17)24-16-34-29(46-24)36-26(38)21-6-5-13-37(21)28(40)25(30(2,3)4)35-27(39)23-15-19-14-20(11-12-22(19)45-23)31(32,33)44(41,42)43/h7-12,14-16,21,25H,5-6,13H2,1-4H3,(H,35,39)(H,34,36,38)(H2,41,42,43)/t21-,25+/m0/s1. The molecule has 0 radical (unpaired) electrons. The lowest BCUT2D eigenvalue weighted by Gasteiger charge is -2.35. The zero-order chi connectivity index (χ0) is 33.6. The monoisotopic (exact) mass is 690 g/mol. The number of fused-ring (bicyclic) bond motifs is 1. The Labute approximate surface area is 272 Å². The van der Waals surface area contributed by atoms with Crippen molar-refractivity contribution in [2.45, 2.75) is 58.3 Å². The predicted octanol–water partition coefficient (Wildman–Crippen LogP) is 6.33. The molecule has 1 saturated heterocycles. The number of aromatic nitrogens is 1. The highest BCUT2D eigenvalue weighted by Crippen LogP contribution is 2.59. The summed E-state index contributed by atoms with van der Waals surface area (Å²) in [5, 5.41) is 6.23. The third kappa shape index (κ3) is 6.91. The van der Waals surface area contributed by atoms with Gasteiger partial charge < -0.3 is 25.3 Å². The lowest BCUT2D eigenvalue weighted by Crippen LogP contribution is -2.57. The fourth-order valence-electron chi connectivity index (χ4n) is 5.20. The van der Waals surface area contributed by atoms with Crippen molar-refractivity contribution in [1.29, 1.82) is 0 Å². The Morgan fingerprint density at radius 1 is 1.07 bits per heavy atom. The number of thiazole rings is 1. The summed E-state index contributed by atoms with van der Waals surface area (Å²) in [5.41, 5.74) is -3.92. The lowest BCUT2D eigenvalue weighted by molar-refractivity contribution is -0.140. The number of benzene rings is 2. The Balaban J connectivity index is 1.31. The Morgan fingerprint density at radius 2 is 1.76 bits per heavy atom. The number of rotatable bonds is 8.